The second kappa shape index (κ2) is 4.99. The number of aliphatic hydroxyl groups is 1. The highest BCUT2D eigenvalue weighted by Crippen LogP contribution is 2.25. The number of imidazole rings is 1. The summed E-state index contributed by atoms with van der Waals surface area (Å²) in [6, 6.07) is 5.60. The van der Waals surface area contributed by atoms with E-state index in [0.29, 0.717) is 17.3 Å². The molecule has 84 valence electrons. The molecule has 0 aliphatic rings. The lowest BCUT2D eigenvalue weighted by molar-refractivity contribution is 0.169. The van der Waals surface area contributed by atoms with Gasteiger partial charge in [-0.25, -0.2) is 4.98 Å². The number of benzene rings is 1. The molecular weight excluding hydrogens is 291 g/mol. The SMILES string of the molecule is OC(Cc1ccc(Br)cc1Cl)c1ncc[nH]1. The minimum absolute atomic E-state index is 0.444. The number of H-pyrrole nitrogens is 1. The van der Waals surface area contributed by atoms with Gasteiger partial charge in [0.1, 0.15) is 11.9 Å². The molecule has 0 aliphatic heterocycles. The number of nitrogens with one attached hydrogen (secondary N) is 1. The van der Waals surface area contributed by atoms with E-state index in [1.165, 1.54) is 0 Å². The van der Waals surface area contributed by atoms with Crippen LogP contribution in [0.3, 0.4) is 0 Å². The minimum Gasteiger partial charge on any atom is -0.385 e. The van der Waals surface area contributed by atoms with Crippen LogP contribution in [0.15, 0.2) is 35.1 Å². The highest BCUT2D eigenvalue weighted by molar-refractivity contribution is 9.10. The van der Waals surface area contributed by atoms with Crippen LogP contribution in [-0.2, 0) is 6.42 Å². The van der Waals surface area contributed by atoms with E-state index in [9.17, 15) is 5.11 Å². The van der Waals surface area contributed by atoms with Gasteiger partial charge in [0.15, 0.2) is 0 Å². The van der Waals surface area contributed by atoms with Crippen LogP contribution in [0.4, 0.5) is 0 Å². The predicted octanol–water partition coefficient (Wildman–Crippen LogP) is 3.10. The Balaban J connectivity index is 2.15. The van der Waals surface area contributed by atoms with Gasteiger partial charge in [0.25, 0.3) is 0 Å². The van der Waals surface area contributed by atoms with Crippen molar-refractivity contribution in [2.24, 2.45) is 0 Å². The lowest BCUT2D eigenvalue weighted by Crippen LogP contribution is -2.04. The summed E-state index contributed by atoms with van der Waals surface area (Å²) in [4.78, 5) is 6.88. The summed E-state index contributed by atoms with van der Waals surface area (Å²) in [7, 11) is 0. The average Bonchev–Trinajstić information content (AvgIpc) is 2.75. The monoisotopic (exact) mass is 300 g/mol. The first-order valence-corrected chi connectivity index (χ1v) is 5.95. The Kier molecular flexibility index (Phi) is 3.63. The van der Waals surface area contributed by atoms with E-state index in [4.69, 9.17) is 11.6 Å². The summed E-state index contributed by atoms with van der Waals surface area (Å²) < 4.78 is 0.925. The number of aliphatic hydroxyl groups excluding tert-OH is 1. The summed E-state index contributed by atoms with van der Waals surface area (Å²) in [5.41, 5.74) is 0.897. The van der Waals surface area contributed by atoms with Crippen LogP contribution in [0.25, 0.3) is 0 Å². The second-order valence-corrected chi connectivity index (χ2v) is 4.75. The van der Waals surface area contributed by atoms with Crippen molar-refractivity contribution in [1.29, 1.82) is 0 Å². The Morgan fingerprint density at radius 2 is 2.31 bits per heavy atom. The molecular formula is C11H10BrClN2O. The summed E-state index contributed by atoms with van der Waals surface area (Å²) in [5, 5.41) is 10.5. The van der Waals surface area contributed by atoms with Gasteiger partial charge in [-0.1, -0.05) is 33.6 Å². The zero-order valence-electron chi connectivity index (χ0n) is 8.32. The summed E-state index contributed by atoms with van der Waals surface area (Å²) in [5.74, 6) is 0.555. The number of halogens is 2. The molecule has 16 heavy (non-hydrogen) atoms. The van der Waals surface area contributed by atoms with Crippen molar-refractivity contribution in [2.75, 3.05) is 0 Å². The zero-order chi connectivity index (χ0) is 11.5. The van der Waals surface area contributed by atoms with Crippen LogP contribution in [0.1, 0.15) is 17.5 Å². The second-order valence-electron chi connectivity index (χ2n) is 3.43. The Labute approximate surface area is 107 Å². The van der Waals surface area contributed by atoms with Gasteiger partial charge in [0.2, 0.25) is 0 Å². The van der Waals surface area contributed by atoms with Gasteiger partial charge in [-0.3, -0.25) is 0 Å². The largest absolute Gasteiger partial charge is 0.385 e. The number of hydrogen-bond acceptors (Lipinski definition) is 2. The molecule has 1 unspecified atom stereocenters. The summed E-state index contributed by atoms with van der Waals surface area (Å²) in [6.45, 7) is 0. The van der Waals surface area contributed by atoms with E-state index in [0.717, 1.165) is 10.0 Å². The molecule has 0 bridgehead atoms. The first kappa shape index (κ1) is 11.6. The average molecular weight is 302 g/mol. The standard InChI is InChI=1S/C11H10BrClN2O/c12-8-2-1-7(9(13)6-8)5-10(16)11-14-3-4-15-11/h1-4,6,10,16H,5H2,(H,14,15). The van der Waals surface area contributed by atoms with Crippen LogP contribution in [-0.4, -0.2) is 15.1 Å². The summed E-state index contributed by atoms with van der Waals surface area (Å²) >= 11 is 9.40. The zero-order valence-corrected chi connectivity index (χ0v) is 10.7. The molecule has 0 saturated carbocycles. The first-order valence-electron chi connectivity index (χ1n) is 4.78. The molecule has 1 aromatic heterocycles. The van der Waals surface area contributed by atoms with Crippen LogP contribution >= 0.6 is 27.5 Å². The van der Waals surface area contributed by atoms with Crippen LogP contribution in [0.2, 0.25) is 5.02 Å². The third-order valence-electron chi connectivity index (χ3n) is 2.26. The number of aromatic nitrogens is 2. The van der Waals surface area contributed by atoms with Gasteiger partial charge in [-0.2, -0.15) is 0 Å². The molecule has 1 atom stereocenters. The maximum Gasteiger partial charge on any atom is 0.135 e. The number of nitrogens with zero attached hydrogens (tertiary/aromatic N) is 1. The predicted molar refractivity (Wildman–Crippen MR) is 66.4 cm³/mol. The smallest absolute Gasteiger partial charge is 0.135 e. The maximum atomic E-state index is 9.89. The molecule has 0 aliphatic carbocycles. The quantitative estimate of drug-likeness (QED) is 0.915. The molecule has 0 radical (unpaired) electrons. The summed E-state index contributed by atoms with van der Waals surface area (Å²) in [6.07, 6.45) is 3.08. The van der Waals surface area contributed by atoms with E-state index < -0.39 is 6.10 Å². The molecule has 5 heteroatoms. The molecule has 2 aromatic rings. The Bertz CT molecular complexity index is 473. The minimum atomic E-state index is -0.659. The van der Waals surface area contributed by atoms with Gasteiger partial charge < -0.3 is 10.1 Å². The Morgan fingerprint density at radius 1 is 1.50 bits per heavy atom. The molecule has 0 saturated heterocycles. The van der Waals surface area contributed by atoms with Gasteiger partial charge in [0, 0.05) is 28.3 Å². The van der Waals surface area contributed by atoms with Gasteiger partial charge in [-0.15, -0.1) is 0 Å². The van der Waals surface area contributed by atoms with Gasteiger partial charge in [-0.05, 0) is 17.7 Å². The number of aromatic amines is 1. The topological polar surface area (TPSA) is 48.9 Å². The molecule has 2 rings (SSSR count). The normalized spacial score (nSPS) is 12.7. The fourth-order valence-corrected chi connectivity index (χ4v) is 2.20. The first-order chi connectivity index (χ1) is 7.66. The molecule has 0 amide bonds. The maximum absolute atomic E-state index is 9.89. The van der Waals surface area contributed by atoms with E-state index in [1.807, 2.05) is 18.2 Å². The van der Waals surface area contributed by atoms with Crippen LogP contribution in [0.5, 0.6) is 0 Å². The fourth-order valence-electron chi connectivity index (χ4n) is 1.45. The lowest BCUT2D eigenvalue weighted by Gasteiger charge is -2.09. The van der Waals surface area contributed by atoms with Crippen molar-refractivity contribution >= 4 is 27.5 Å². The van der Waals surface area contributed by atoms with Crippen LogP contribution < -0.4 is 0 Å². The molecule has 2 N–H and O–H groups in total. The van der Waals surface area contributed by atoms with Crippen molar-refractivity contribution in [3.63, 3.8) is 0 Å². The van der Waals surface area contributed by atoms with E-state index in [1.54, 1.807) is 12.4 Å². The Morgan fingerprint density at radius 3 is 2.94 bits per heavy atom. The van der Waals surface area contributed by atoms with Crippen molar-refractivity contribution in [3.8, 4) is 0 Å². The van der Waals surface area contributed by atoms with Crippen molar-refractivity contribution < 1.29 is 5.11 Å². The highest BCUT2D eigenvalue weighted by Gasteiger charge is 2.12. The van der Waals surface area contributed by atoms with E-state index >= 15 is 0 Å². The Hall–Kier alpha value is -0.840. The van der Waals surface area contributed by atoms with Crippen LogP contribution in [0, 0.1) is 0 Å². The number of rotatable bonds is 3. The molecule has 0 fully saturated rings. The van der Waals surface area contributed by atoms with E-state index in [-0.39, 0.29) is 0 Å². The molecule has 1 aromatic carbocycles. The third-order valence-corrected chi connectivity index (χ3v) is 3.11. The van der Waals surface area contributed by atoms with E-state index in [2.05, 4.69) is 25.9 Å². The van der Waals surface area contributed by atoms with Crippen molar-refractivity contribution in [2.45, 2.75) is 12.5 Å². The fraction of sp³-hybridized carbons (Fsp3) is 0.182. The molecule has 1 heterocycles. The van der Waals surface area contributed by atoms with Crippen molar-refractivity contribution in [3.05, 3.63) is 51.5 Å². The van der Waals surface area contributed by atoms with Gasteiger partial charge in [0.05, 0.1) is 0 Å². The highest BCUT2D eigenvalue weighted by atomic mass is 79.9. The third kappa shape index (κ3) is 2.64. The molecule has 3 nitrogen and oxygen atoms in total. The lowest BCUT2D eigenvalue weighted by atomic mass is 10.1. The van der Waals surface area contributed by atoms with Crippen molar-refractivity contribution in [1.82, 2.24) is 9.97 Å². The van der Waals surface area contributed by atoms with Gasteiger partial charge >= 0.3 is 0 Å². The number of hydrogen-bond donors (Lipinski definition) is 2. The molecule has 0 spiro atoms.